The molecule has 2 aromatic rings. The van der Waals surface area contributed by atoms with E-state index in [0.717, 1.165) is 24.2 Å². The summed E-state index contributed by atoms with van der Waals surface area (Å²) in [7, 11) is 4.03. The molecule has 144 valence electrons. The van der Waals surface area contributed by atoms with E-state index in [9.17, 15) is 9.50 Å². The second-order valence-corrected chi connectivity index (χ2v) is 6.60. The Morgan fingerprint density at radius 1 is 0.962 bits per heavy atom. The molecule has 2 rings (SSSR count). The van der Waals surface area contributed by atoms with Gasteiger partial charge in [0.1, 0.15) is 5.82 Å². The maximum atomic E-state index is 14.1. The molecule has 3 nitrogen and oxygen atoms in total. The number of benzene rings is 2. The summed E-state index contributed by atoms with van der Waals surface area (Å²) >= 11 is 6.18. The molecule has 0 aliphatic rings. The minimum absolute atomic E-state index is 0.0185. The smallest absolute Gasteiger partial charge is 0.129 e. The second-order valence-electron chi connectivity index (χ2n) is 6.19. The lowest BCUT2D eigenvalue weighted by atomic mass is 10.1. The standard InChI is InChI=1S/C19H24ClFN2O.C2H6/c1-22(2)9-10-23(12-15-5-3-6-16(11-15)14-24)13-17-18(20)7-4-8-19(17)21;1-2/h3-8,11,24H,9-10,12-14H2,1-2H3;1-2H3. The van der Waals surface area contributed by atoms with Gasteiger partial charge < -0.3 is 10.0 Å². The van der Waals surface area contributed by atoms with Crippen molar-refractivity contribution >= 4 is 11.6 Å². The van der Waals surface area contributed by atoms with Crippen LogP contribution in [0.3, 0.4) is 0 Å². The number of rotatable bonds is 8. The molecule has 0 saturated heterocycles. The number of halogens is 2. The predicted molar refractivity (Wildman–Crippen MR) is 108 cm³/mol. The van der Waals surface area contributed by atoms with Crippen LogP contribution in [0.15, 0.2) is 42.5 Å². The summed E-state index contributed by atoms with van der Waals surface area (Å²) in [6.07, 6.45) is 0. The minimum Gasteiger partial charge on any atom is -0.392 e. The van der Waals surface area contributed by atoms with Crippen LogP contribution in [-0.2, 0) is 19.7 Å². The molecule has 26 heavy (non-hydrogen) atoms. The van der Waals surface area contributed by atoms with Crippen LogP contribution in [-0.4, -0.2) is 42.1 Å². The molecule has 2 aromatic carbocycles. The molecule has 0 heterocycles. The zero-order chi connectivity index (χ0) is 19.5. The third-order valence-electron chi connectivity index (χ3n) is 3.89. The number of aliphatic hydroxyl groups is 1. The van der Waals surface area contributed by atoms with Crippen LogP contribution in [0.5, 0.6) is 0 Å². The maximum Gasteiger partial charge on any atom is 0.129 e. The number of hydrogen-bond donors (Lipinski definition) is 1. The van der Waals surface area contributed by atoms with E-state index in [1.54, 1.807) is 12.1 Å². The lowest BCUT2D eigenvalue weighted by Crippen LogP contribution is -2.31. The Bertz CT molecular complexity index is 644. The van der Waals surface area contributed by atoms with Crippen molar-refractivity contribution in [2.75, 3.05) is 27.2 Å². The highest BCUT2D eigenvalue weighted by Gasteiger charge is 2.13. The molecule has 0 atom stereocenters. The van der Waals surface area contributed by atoms with Crippen LogP contribution < -0.4 is 0 Å². The van der Waals surface area contributed by atoms with Crippen LogP contribution in [0.2, 0.25) is 5.02 Å². The molecule has 0 aliphatic heterocycles. The van der Waals surface area contributed by atoms with Gasteiger partial charge in [-0.1, -0.05) is 55.8 Å². The summed E-state index contributed by atoms with van der Waals surface area (Å²) < 4.78 is 14.1. The van der Waals surface area contributed by atoms with Crippen LogP contribution in [0.25, 0.3) is 0 Å². The van der Waals surface area contributed by atoms with Gasteiger partial charge in [-0.15, -0.1) is 0 Å². The fraction of sp³-hybridized carbons (Fsp3) is 0.429. The Morgan fingerprint density at radius 2 is 1.62 bits per heavy atom. The topological polar surface area (TPSA) is 26.7 Å². The monoisotopic (exact) mass is 380 g/mol. The highest BCUT2D eigenvalue weighted by Crippen LogP contribution is 2.22. The van der Waals surface area contributed by atoms with E-state index in [0.29, 0.717) is 23.7 Å². The third kappa shape index (κ3) is 7.42. The van der Waals surface area contributed by atoms with Crippen molar-refractivity contribution in [3.05, 3.63) is 70.0 Å². The molecular formula is C21H30ClFN2O. The summed E-state index contributed by atoms with van der Waals surface area (Å²) in [5.41, 5.74) is 2.49. The predicted octanol–water partition coefficient (Wildman–Crippen LogP) is 4.56. The lowest BCUT2D eigenvalue weighted by molar-refractivity contribution is 0.223. The van der Waals surface area contributed by atoms with Crippen molar-refractivity contribution in [1.82, 2.24) is 9.80 Å². The van der Waals surface area contributed by atoms with Crippen molar-refractivity contribution in [1.29, 1.82) is 0 Å². The van der Waals surface area contributed by atoms with Gasteiger partial charge in [-0.05, 0) is 37.4 Å². The Labute approximate surface area is 162 Å². The number of hydrogen-bond acceptors (Lipinski definition) is 3. The third-order valence-corrected chi connectivity index (χ3v) is 4.24. The van der Waals surface area contributed by atoms with E-state index in [4.69, 9.17) is 11.6 Å². The van der Waals surface area contributed by atoms with Gasteiger partial charge in [0.15, 0.2) is 0 Å². The van der Waals surface area contributed by atoms with E-state index in [1.165, 1.54) is 6.07 Å². The molecule has 1 N–H and O–H groups in total. The zero-order valence-electron chi connectivity index (χ0n) is 16.2. The molecular weight excluding hydrogens is 351 g/mol. The molecule has 0 radical (unpaired) electrons. The first-order valence-corrected chi connectivity index (χ1v) is 9.36. The largest absolute Gasteiger partial charge is 0.392 e. The van der Waals surface area contributed by atoms with E-state index in [2.05, 4.69) is 9.80 Å². The van der Waals surface area contributed by atoms with Crippen molar-refractivity contribution in [2.45, 2.75) is 33.5 Å². The van der Waals surface area contributed by atoms with E-state index < -0.39 is 0 Å². The first-order chi connectivity index (χ1) is 12.5. The van der Waals surface area contributed by atoms with Crippen LogP contribution in [0.1, 0.15) is 30.5 Å². The quantitative estimate of drug-likeness (QED) is 0.727. The Kier molecular flexibility index (Phi) is 10.4. The normalized spacial score (nSPS) is 10.8. The second kappa shape index (κ2) is 12.0. The van der Waals surface area contributed by atoms with Crippen LogP contribution in [0, 0.1) is 5.82 Å². The molecule has 0 aliphatic carbocycles. The van der Waals surface area contributed by atoms with Crippen molar-refractivity contribution in [3.63, 3.8) is 0 Å². The number of nitrogens with zero attached hydrogens (tertiary/aromatic N) is 2. The molecule has 0 unspecified atom stereocenters. The lowest BCUT2D eigenvalue weighted by Gasteiger charge is -2.25. The van der Waals surface area contributed by atoms with Gasteiger partial charge in [0.2, 0.25) is 0 Å². The molecule has 0 bridgehead atoms. The van der Waals surface area contributed by atoms with Gasteiger partial charge in [0.05, 0.1) is 6.61 Å². The van der Waals surface area contributed by atoms with Crippen molar-refractivity contribution < 1.29 is 9.50 Å². The summed E-state index contributed by atoms with van der Waals surface area (Å²) in [5.74, 6) is -0.276. The zero-order valence-corrected chi connectivity index (χ0v) is 16.9. The minimum atomic E-state index is -0.276. The molecule has 0 fully saturated rings. The summed E-state index contributed by atoms with van der Waals surface area (Å²) in [6, 6.07) is 12.6. The number of likely N-dealkylation sites (N-methyl/N-ethyl adjacent to an activating group) is 1. The van der Waals surface area contributed by atoms with Gasteiger partial charge in [0.25, 0.3) is 0 Å². The van der Waals surface area contributed by atoms with E-state index in [1.807, 2.05) is 52.2 Å². The van der Waals surface area contributed by atoms with E-state index in [-0.39, 0.29) is 12.4 Å². The Morgan fingerprint density at radius 3 is 2.23 bits per heavy atom. The van der Waals surface area contributed by atoms with E-state index >= 15 is 0 Å². The van der Waals surface area contributed by atoms with Crippen LogP contribution in [0.4, 0.5) is 4.39 Å². The fourth-order valence-electron chi connectivity index (χ4n) is 2.55. The SMILES string of the molecule is CC.CN(C)CCN(Cc1cccc(CO)c1)Cc1c(F)cccc1Cl. The number of aliphatic hydroxyl groups excluding tert-OH is 1. The summed E-state index contributed by atoms with van der Waals surface area (Å²) in [6.45, 7) is 6.80. The Hall–Kier alpha value is -1.46. The molecule has 0 saturated carbocycles. The summed E-state index contributed by atoms with van der Waals surface area (Å²) in [4.78, 5) is 4.26. The maximum absolute atomic E-state index is 14.1. The molecule has 0 aromatic heterocycles. The Balaban J connectivity index is 0.00000163. The molecule has 5 heteroatoms. The molecule has 0 spiro atoms. The van der Waals surface area contributed by atoms with Gasteiger partial charge in [-0.25, -0.2) is 4.39 Å². The average Bonchev–Trinajstić information content (AvgIpc) is 2.64. The summed E-state index contributed by atoms with van der Waals surface area (Å²) in [5, 5.41) is 9.75. The highest BCUT2D eigenvalue weighted by atomic mass is 35.5. The first kappa shape index (κ1) is 22.6. The first-order valence-electron chi connectivity index (χ1n) is 8.98. The molecule has 0 amide bonds. The average molecular weight is 381 g/mol. The van der Waals surface area contributed by atoms with Crippen molar-refractivity contribution in [2.24, 2.45) is 0 Å². The van der Waals surface area contributed by atoms with Gasteiger partial charge in [-0.3, -0.25) is 4.90 Å². The van der Waals surface area contributed by atoms with Crippen molar-refractivity contribution in [3.8, 4) is 0 Å². The van der Waals surface area contributed by atoms with Gasteiger partial charge in [-0.2, -0.15) is 0 Å². The van der Waals surface area contributed by atoms with Gasteiger partial charge in [0, 0.05) is 36.8 Å². The van der Waals surface area contributed by atoms with Gasteiger partial charge >= 0.3 is 0 Å². The highest BCUT2D eigenvalue weighted by molar-refractivity contribution is 6.31. The van der Waals surface area contributed by atoms with Crippen LogP contribution >= 0.6 is 11.6 Å². The fourth-order valence-corrected chi connectivity index (χ4v) is 2.77.